The maximum Gasteiger partial charge on any atom is 0.310 e. The van der Waals surface area contributed by atoms with Crippen LogP contribution in [0.4, 0.5) is 24.8 Å². The first-order valence-electron chi connectivity index (χ1n) is 10.7. The molecule has 3 aromatic rings. The minimum absolute atomic E-state index is 0.0293. The Morgan fingerprint density at radius 3 is 2.62 bits per heavy atom. The number of anilines is 2. The van der Waals surface area contributed by atoms with Gasteiger partial charge in [0, 0.05) is 36.4 Å². The first kappa shape index (κ1) is 24.0. The van der Waals surface area contributed by atoms with Crippen molar-refractivity contribution in [3.63, 3.8) is 0 Å². The molecule has 0 unspecified atom stereocenters. The molecule has 1 aliphatic heterocycles. The molecule has 0 aliphatic carbocycles. The Kier molecular flexibility index (Phi) is 6.81. The number of benzene rings is 1. The van der Waals surface area contributed by atoms with Crippen molar-refractivity contribution in [3.05, 3.63) is 69.8 Å². The Bertz CT molecular complexity index is 1210. The van der Waals surface area contributed by atoms with Gasteiger partial charge in [-0.15, -0.1) is 0 Å². The van der Waals surface area contributed by atoms with Crippen molar-refractivity contribution in [1.29, 1.82) is 0 Å². The first-order chi connectivity index (χ1) is 16.2. The molecule has 4 rings (SSSR count). The second-order valence-electron chi connectivity index (χ2n) is 8.56. The van der Waals surface area contributed by atoms with E-state index >= 15 is 0 Å². The Hall–Kier alpha value is -3.11. The number of rotatable bonds is 7. The van der Waals surface area contributed by atoms with Gasteiger partial charge >= 0.3 is 5.97 Å². The molecule has 34 heavy (non-hydrogen) atoms. The molecule has 2 aromatic heterocycles. The van der Waals surface area contributed by atoms with E-state index in [2.05, 4.69) is 20.5 Å². The lowest BCUT2D eigenvalue weighted by atomic mass is 9.74. The zero-order valence-electron chi connectivity index (χ0n) is 18.3. The van der Waals surface area contributed by atoms with Crippen molar-refractivity contribution >= 4 is 29.2 Å². The Morgan fingerprint density at radius 1 is 1.24 bits per heavy atom. The predicted octanol–water partition coefficient (Wildman–Crippen LogP) is 4.84. The summed E-state index contributed by atoms with van der Waals surface area (Å²) in [4.78, 5) is 18.2. The predicted molar refractivity (Wildman–Crippen MR) is 120 cm³/mol. The molecule has 0 spiro atoms. The van der Waals surface area contributed by atoms with E-state index in [1.807, 2.05) is 4.90 Å². The van der Waals surface area contributed by atoms with Crippen molar-refractivity contribution in [2.45, 2.75) is 32.7 Å². The van der Waals surface area contributed by atoms with Gasteiger partial charge in [0.25, 0.3) is 0 Å². The monoisotopic (exact) mass is 493 g/mol. The molecule has 11 heteroatoms. The highest BCUT2D eigenvalue weighted by Crippen LogP contribution is 2.37. The van der Waals surface area contributed by atoms with Crippen molar-refractivity contribution < 1.29 is 23.1 Å². The largest absolute Gasteiger partial charge is 0.481 e. The lowest BCUT2D eigenvalue weighted by Crippen LogP contribution is -2.45. The smallest absolute Gasteiger partial charge is 0.310 e. The topological polar surface area (TPSA) is 94.1 Å². The molecular weight excluding hydrogens is 471 g/mol. The van der Waals surface area contributed by atoms with Gasteiger partial charge in [0.1, 0.15) is 11.6 Å². The number of H-pyrrole nitrogens is 1. The van der Waals surface area contributed by atoms with Crippen LogP contribution in [0.2, 0.25) is 5.02 Å². The molecule has 7 nitrogen and oxygen atoms in total. The molecular formula is C23H23ClF3N5O2. The van der Waals surface area contributed by atoms with E-state index in [1.165, 1.54) is 6.07 Å². The van der Waals surface area contributed by atoms with E-state index in [0.717, 1.165) is 5.69 Å². The molecule has 0 bridgehead atoms. The standard InChI is InChI=1S/C23H23ClF3N5O2/c1-13-9-19(31-30-13)29-21-17(26)10-16(25)18(28-21)11-23(22(33)34)5-7-32(8-6-23)12-14-3-2-4-15(24)20(14)27/h2-4,9-10H,5-8,11-12H2,1H3,(H,33,34)(H2,28,29,30,31). The summed E-state index contributed by atoms with van der Waals surface area (Å²) in [6, 6.07) is 7.07. The number of carboxylic acids is 1. The van der Waals surface area contributed by atoms with Gasteiger partial charge in [-0.2, -0.15) is 5.10 Å². The first-order valence-corrected chi connectivity index (χ1v) is 11.1. The van der Waals surface area contributed by atoms with E-state index < -0.39 is 28.8 Å². The summed E-state index contributed by atoms with van der Waals surface area (Å²) in [5.74, 6) is -3.34. The Labute approximate surface area is 199 Å². The van der Waals surface area contributed by atoms with E-state index in [9.17, 15) is 23.1 Å². The Morgan fingerprint density at radius 2 is 1.97 bits per heavy atom. The minimum Gasteiger partial charge on any atom is -0.481 e. The zero-order chi connectivity index (χ0) is 24.5. The third-order valence-corrected chi connectivity index (χ3v) is 6.44. The third kappa shape index (κ3) is 5.02. The Balaban J connectivity index is 1.50. The van der Waals surface area contributed by atoms with Crippen LogP contribution in [0.3, 0.4) is 0 Å². The van der Waals surface area contributed by atoms with Crippen LogP contribution in [0.1, 0.15) is 29.8 Å². The number of hydrogen-bond acceptors (Lipinski definition) is 5. The number of hydrogen-bond donors (Lipinski definition) is 3. The second-order valence-corrected chi connectivity index (χ2v) is 8.97. The van der Waals surface area contributed by atoms with E-state index in [4.69, 9.17) is 11.6 Å². The zero-order valence-corrected chi connectivity index (χ0v) is 19.1. The molecule has 1 saturated heterocycles. The van der Waals surface area contributed by atoms with Crippen molar-refractivity contribution in [2.75, 3.05) is 18.4 Å². The van der Waals surface area contributed by atoms with Crippen LogP contribution >= 0.6 is 11.6 Å². The van der Waals surface area contributed by atoms with Gasteiger partial charge in [-0.25, -0.2) is 18.2 Å². The number of likely N-dealkylation sites (tertiary alicyclic amines) is 1. The van der Waals surface area contributed by atoms with Crippen molar-refractivity contribution in [1.82, 2.24) is 20.1 Å². The number of aromatic amines is 1. The van der Waals surface area contributed by atoms with Gasteiger partial charge in [-0.1, -0.05) is 23.7 Å². The van der Waals surface area contributed by atoms with Crippen molar-refractivity contribution in [2.24, 2.45) is 5.41 Å². The number of aryl methyl sites for hydroxylation is 1. The summed E-state index contributed by atoms with van der Waals surface area (Å²) in [6.45, 7) is 2.77. The lowest BCUT2D eigenvalue weighted by Gasteiger charge is -2.39. The fraction of sp³-hybridized carbons (Fsp3) is 0.348. The lowest BCUT2D eigenvalue weighted by molar-refractivity contribution is -0.152. The number of aliphatic carboxylic acids is 1. The van der Waals surface area contributed by atoms with Crippen LogP contribution in [-0.4, -0.2) is 44.2 Å². The van der Waals surface area contributed by atoms with Gasteiger partial charge < -0.3 is 10.4 Å². The van der Waals surface area contributed by atoms with Crippen molar-refractivity contribution in [3.8, 4) is 0 Å². The summed E-state index contributed by atoms with van der Waals surface area (Å²) in [5.41, 5.74) is -0.270. The van der Waals surface area contributed by atoms with E-state index in [0.29, 0.717) is 30.5 Å². The molecule has 180 valence electrons. The van der Waals surface area contributed by atoms with Crippen LogP contribution in [0.15, 0.2) is 30.3 Å². The van der Waals surface area contributed by atoms with E-state index in [1.54, 1.807) is 25.1 Å². The number of carboxylic acid groups (broad SMARTS) is 1. The van der Waals surface area contributed by atoms with Gasteiger partial charge in [-0.3, -0.25) is 14.8 Å². The average Bonchev–Trinajstić information content (AvgIpc) is 3.20. The van der Waals surface area contributed by atoms with Crippen LogP contribution in [0.25, 0.3) is 0 Å². The maximum atomic E-state index is 14.6. The second kappa shape index (κ2) is 9.63. The molecule has 1 aromatic carbocycles. The molecule has 3 N–H and O–H groups in total. The molecule has 0 saturated carbocycles. The number of nitrogens with zero attached hydrogens (tertiary/aromatic N) is 3. The maximum absolute atomic E-state index is 14.6. The molecule has 3 heterocycles. The van der Waals surface area contributed by atoms with Crippen LogP contribution in [-0.2, 0) is 17.8 Å². The summed E-state index contributed by atoms with van der Waals surface area (Å²) < 4.78 is 43.2. The molecule has 1 aliphatic rings. The van der Waals surface area contributed by atoms with Gasteiger partial charge in [0.15, 0.2) is 17.5 Å². The van der Waals surface area contributed by atoms with Crippen LogP contribution in [0.5, 0.6) is 0 Å². The fourth-order valence-corrected chi connectivity index (χ4v) is 4.35. The molecule has 0 radical (unpaired) electrons. The van der Waals surface area contributed by atoms with Gasteiger partial charge in [-0.05, 0) is 38.9 Å². The number of nitrogens with one attached hydrogen (secondary N) is 2. The normalized spacial score (nSPS) is 15.9. The molecule has 0 atom stereocenters. The summed E-state index contributed by atoms with van der Waals surface area (Å²) in [5, 5.41) is 19.4. The highest BCUT2D eigenvalue weighted by Gasteiger charge is 2.43. The highest BCUT2D eigenvalue weighted by molar-refractivity contribution is 6.30. The van der Waals surface area contributed by atoms with Crippen LogP contribution in [0, 0.1) is 29.8 Å². The van der Waals surface area contributed by atoms with E-state index in [-0.39, 0.29) is 42.3 Å². The summed E-state index contributed by atoms with van der Waals surface area (Å²) >= 11 is 5.85. The average molecular weight is 494 g/mol. The minimum atomic E-state index is -1.28. The number of pyridine rings is 1. The quantitative estimate of drug-likeness (QED) is 0.436. The SMILES string of the molecule is Cc1cc(Nc2nc(CC3(C(=O)O)CCN(Cc4cccc(Cl)c4F)CC3)c(F)cc2F)n[nH]1. The number of aromatic nitrogens is 3. The van der Waals surface area contributed by atoms with Crippen LogP contribution < -0.4 is 5.32 Å². The fourth-order valence-electron chi connectivity index (χ4n) is 4.16. The van der Waals surface area contributed by atoms with Gasteiger partial charge in [0.05, 0.1) is 16.1 Å². The highest BCUT2D eigenvalue weighted by atomic mass is 35.5. The number of carbonyl (C=O) groups is 1. The summed E-state index contributed by atoms with van der Waals surface area (Å²) in [7, 11) is 0. The van der Waals surface area contributed by atoms with Gasteiger partial charge in [0.2, 0.25) is 0 Å². The molecule has 1 fully saturated rings. The number of halogens is 4. The number of piperidine rings is 1. The molecule has 0 amide bonds. The third-order valence-electron chi connectivity index (χ3n) is 6.15. The summed E-state index contributed by atoms with van der Waals surface area (Å²) in [6.07, 6.45) is 0.191.